The third-order valence-electron chi connectivity index (χ3n) is 7.11. The molecular weight excluding hydrogens is 440 g/mol. The molecule has 36 heavy (non-hydrogen) atoms. The van der Waals surface area contributed by atoms with Gasteiger partial charge in [0.1, 0.15) is 5.82 Å². The SMILES string of the molecule is Cc1cc(-c2ccc(CCN3CCN(C=Cc4ccccc4)CC3)cc2)nc(-n2c(C)ccc2C)c1. The molecule has 2 aromatic carbocycles. The fourth-order valence-corrected chi connectivity index (χ4v) is 4.96. The zero-order chi connectivity index (χ0) is 24.9. The van der Waals surface area contributed by atoms with Crippen molar-refractivity contribution in [2.45, 2.75) is 27.2 Å². The summed E-state index contributed by atoms with van der Waals surface area (Å²) >= 11 is 0. The Morgan fingerprint density at radius 3 is 2.17 bits per heavy atom. The van der Waals surface area contributed by atoms with Crippen molar-refractivity contribution in [2.24, 2.45) is 0 Å². The molecule has 3 heterocycles. The van der Waals surface area contributed by atoms with Gasteiger partial charge >= 0.3 is 0 Å². The molecule has 0 bridgehead atoms. The number of hydrogen-bond acceptors (Lipinski definition) is 3. The molecule has 184 valence electrons. The van der Waals surface area contributed by atoms with Crippen molar-refractivity contribution in [3.05, 3.63) is 113 Å². The van der Waals surface area contributed by atoms with Crippen molar-refractivity contribution < 1.29 is 0 Å². The standard InChI is InChI=1S/C32H36N4/c1-25-23-31(33-32(24-25)36-26(2)9-10-27(36)3)30-13-11-29(12-14-30)16-18-35-21-19-34(20-22-35)17-15-28-7-5-4-6-8-28/h4-15,17,23-24H,16,18-22H2,1-3H3. The number of aromatic nitrogens is 2. The minimum atomic E-state index is 0.992. The Balaban J connectivity index is 1.16. The highest BCUT2D eigenvalue weighted by Gasteiger charge is 2.14. The second-order valence-corrected chi connectivity index (χ2v) is 9.89. The molecule has 0 radical (unpaired) electrons. The van der Waals surface area contributed by atoms with Gasteiger partial charge in [0.15, 0.2) is 0 Å². The summed E-state index contributed by atoms with van der Waals surface area (Å²) < 4.78 is 2.22. The normalized spacial score (nSPS) is 14.6. The van der Waals surface area contributed by atoms with Gasteiger partial charge in [0.25, 0.3) is 0 Å². The summed E-state index contributed by atoms with van der Waals surface area (Å²) in [5.74, 6) is 0.992. The van der Waals surface area contributed by atoms with Crippen LogP contribution in [0.1, 0.15) is 28.1 Å². The molecule has 4 heteroatoms. The van der Waals surface area contributed by atoms with E-state index in [0.29, 0.717) is 0 Å². The van der Waals surface area contributed by atoms with Crippen molar-refractivity contribution in [1.29, 1.82) is 0 Å². The van der Waals surface area contributed by atoms with E-state index >= 15 is 0 Å². The van der Waals surface area contributed by atoms with E-state index < -0.39 is 0 Å². The molecule has 2 aromatic heterocycles. The first kappa shape index (κ1) is 24.1. The average Bonchev–Trinajstić information content (AvgIpc) is 3.25. The molecule has 1 saturated heterocycles. The molecule has 5 rings (SSSR count). The minimum Gasteiger partial charge on any atom is -0.375 e. The Labute approximate surface area is 215 Å². The van der Waals surface area contributed by atoms with Crippen LogP contribution in [-0.2, 0) is 6.42 Å². The highest BCUT2D eigenvalue weighted by atomic mass is 15.2. The molecule has 0 aliphatic carbocycles. The fourth-order valence-electron chi connectivity index (χ4n) is 4.96. The van der Waals surface area contributed by atoms with Crippen LogP contribution in [0.25, 0.3) is 23.2 Å². The van der Waals surface area contributed by atoms with Gasteiger partial charge in [-0.05, 0) is 80.4 Å². The van der Waals surface area contributed by atoms with Crippen LogP contribution in [0.3, 0.4) is 0 Å². The zero-order valence-corrected chi connectivity index (χ0v) is 21.7. The highest BCUT2D eigenvalue weighted by molar-refractivity contribution is 5.62. The van der Waals surface area contributed by atoms with Gasteiger partial charge in [-0.15, -0.1) is 0 Å². The summed E-state index contributed by atoms with van der Waals surface area (Å²) in [7, 11) is 0. The molecule has 0 unspecified atom stereocenters. The summed E-state index contributed by atoms with van der Waals surface area (Å²) in [5, 5.41) is 0. The number of pyridine rings is 1. The van der Waals surface area contributed by atoms with E-state index in [9.17, 15) is 0 Å². The predicted octanol–water partition coefficient (Wildman–Crippen LogP) is 6.30. The molecule has 0 saturated carbocycles. The Morgan fingerprint density at radius 2 is 1.47 bits per heavy atom. The lowest BCUT2D eigenvalue weighted by Gasteiger charge is -2.34. The zero-order valence-electron chi connectivity index (χ0n) is 21.7. The van der Waals surface area contributed by atoms with E-state index in [1.807, 2.05) is 0 Å². The third kappa shape index (κ3) is 5.77. The number of hydrogen-bond donors (Lipinski definition) is 0. The van der Waals surface area contributed by atoms with Crippen LogP contribution in [-0.4, -0.2) is 52.1 Å². The highest BCUT2D eigenvalue weighted by Crippen LogP contribution is 2.23. The summed E-state index contributed by atoms with van der Waals surface area (Å²) in [6.07, 6.45) is 5.54. The fraction of sp³-hybridized carbons (Fsp3) is 0.281. The largest absolute Gasteiger partial charge is 0.375 e. The van der Waals surface area contributed by atoms with Crippen LogP contribution >= 0.6 is 0 Å². The van der Waals surface area contributed by atoms with Crippen molar-refractivity contribution in [1.82, 2.24) is 19.4 Å². The van der Waals surface area contributed by atoms with Gasteiger partial charge in [-0.3, -0.25) is 4.90 Å². The van der Waals surface area contributed by atoms with Gasteiger partial charge in [0.2, 0.25) is 0 Å². The molecule has 4 nitrogen and oxygen atoms in total. The van der Waals surface area contributed by atoms with E-state index in [1.54, 1.807) is 0 Å². The molecule has 0 spiro atoms. The Kier molecular flexibility index (Phi) is 7.33. The molecule has 0 atom stereocenters. The Morgan fingerprint density at radius 1 is 0.778 bits per heavy atom. The second kappa shape index (κ2) is 11.0. The van der Waals surface area contributed by atoms with E-state index in [4.69, 9.17) is 4.98 Å². The number of nitrogens with zero attached hydrogens (tertiary/aromatic N) is 4. The topological polar surface area (TPSA) is 24.3 Å². The molecule has 0 N–H and O–H groups in total. The summed E-state index contributed by atoms with van der Waals surface area (Å²) in [6, 6.07) is 28.2. The molecule has 1 aliphatic heterocycles. The van der Waals surface area contributed by atoms with Crippen LogP contribution in [0.5, 0.6) is 0 Å². The number of piperazine rings is 1. The maximum absolute atomic E-state index is 5.00. The smallest absolute Gasteiger partial charge is 0.137 e. The lowest BCUT2D eigenvalue weighted by molar-refractivity contribution is 0.171. The van der Waals surface area contributed by atoms with Crippen LogP contribution in [0.15, 0.2) is 85.1 Å². The van der Waals surface area contributed by atoms with Gasteiger partial charge < -0.3 is 9.47 Å². The van der Waals surface area contributed by atoms with Gasteiger partial charge in [0.05, 0.1) is 5.69 Å². The number of rotatable bonds is 7. The number of aryl methyl sites for hydroxylation is 3. The monoisotopic (exact) mass is 476 g/mol. The maximum atomic E-state index is 5.00. The predicted molar refractivity (Wildman–Crippen MR) is 150 cm³/mol. The molecular formula is C32H36N4. The third-order valence-corrected chi connectivity index (χ3v) is 7.11. The first-order chi connectivity index (χ1) is 17.5. The minimum absolute atomic E-state index is 0.992. The van der Waals surface area contributed by atoms with Crippen LogP contribution in [0.2, 0.25) is 0 Å². The van der Waals surface area contributed by atoms with Crippen LogP contribution in [0.4, 0.5) is 0 Å². The molecule has 0 amide bonds. The van der Waals surface area contributed by atoms with Gasteiger partial charge in [-0.1, -0.05) is 54.6 Å². The first-order valence-electron chi connectivity index (χ1n) is 13.0. The van der Waals surface area contributed by atoms with E-state index in [2.05, 4.69) is 126 Å². The Bertz CT molecular complexity index is 1290. The first-order valence-corrected chi connectivity index (χ1v) is 13.0. The van der Waals surface area contributed by atoms with Crippen molar-refractivity contribution in [2.75, 3.05) is 32.7 Å². The van der Waals surface area contributed by atoms with Crippen LogP contribution in [0, 0.1) is 20.8 Å². The average molecular weight is 477 g/mol. The van der Waals surface area contributed by atoms with E-state index in [-0.39, 0.29) is 0 Å². The quantitative estimate of drug-likeness (QED) is 0.313. The molecule has 1 fully saturated rings. The van der Waals surface area contributed by atoms with Crippen LogP contribution < -0.4 is 0 Å². The van der Waals surface area contributed by atoms with Crippen molar-refractivity contribution >= 4 is 6.08 Å². The van der Waals surface area contributed by atoms with E-state index in [0.717, 1.165) is 50.7 Å². The second-order valence-electron chi connectivity index (χ2n) is 9.89. The molecule has 4 aromatic rings. The summed E-state index contributed by atoms with van der Waals surface area (Å²) in [5.41, 5.74) is 8.49. The van der Waals surface area contributed by atoms with E-state index in [1.165, 1.54) is 33.6 Å². The van der Waals surface area contributed by atoms with Gasteiger partial charge in [-0.25, -0.2) is 4.98 Å². The maximum Gasteiger partial charge on any atom is 0.137 e. The van der Waals surface area contributed by atoms with Crippen molar-refractivity contribution in [3.63, 3.8) is 0 Å². The lowest BCUT2D eigenvalue weighted by atomic mass is 10.0. The van der Waals surface area contributed by atoms with Gasteiger partial charge in [-0.2, -0.15) is 0 Å². The summed E-state index contributed by atoms with van der Waals surface area (Å²) in [6.45, 7) is 11.9. The van der Waals surface area contributed by atoms with Crippen molar-refractivity contribution in [3.8, 4) is 17.1 Å². The molecule has 1 aliphatic rings. The Hall–Kier alpha value is -3.63. The van der Waals surface area contributed by atoms with Gasteiger partial charge in [0, 0.05) is 49.7 Å². The number of benzene rings is 2. The summed E-state index contributed by atoms with van der Waals surface area (Å²) in [4.78, 5) is 10.0. The lowest BCUT2D eigenvalue weighted by Crippen LogP contribution is -2.44.